The van der Waals surface area contributed by atoms with Crippen LogP contribution in [0.5, 0.6) is 0 Å². The number of alkyl halides is 1. The van der Waals surface area contributed by atoms with Crippen LogP contribution in [0.15, 0.2) is 77.8 Å². The number of aryl methyl sites for hydroxylation is 11. The number of carbonyl (C=O) groups excluding carboxylic acids is 5. The summed E-state index contributed by atoms with van der Waals surface area (Å²) in [5, 5.41) is 33.2. The number of aliphatic imine (C=N–C) groups is 1. The van der Waals surface area contributed by atoms with Gasteiger partial charge in [0, 0.05) is 82.3 Å². The predicted octanol–water partition coefficient (Wildman–Crippen LogP) is 16.7. The van der Waals surface area contributed by atoms with Crippen LogP contribution in [0, 0.1) is 30.3 Å². The quantitative estimate of drug-likeness (QED) is 0.0297. The van der Waals surface area contributed by atoms with E-state index in [0.29, 0.717) is 66.7 Å². The van der Waals surface area contributed by atoms with Crippen molar-refractivity contribution in [3.05, 3.63) is 242 Å². The Morgan fingerprint density at radius 2 is 0.828 bits per heavy atom. The third kappa shape index (κ3) is 14.1. The molecular formula is C82H84ClN5O11. The minimum Gasteiger partial charge on any atom is -0.398 e. The Morgan fingerprint density at radius 1 is 0.404 bits per heavy atom. The number of nitro groups is 3. The summed E-state index contributed by atoms with van der Waals surface area (Å²) in [5.41, 5.74) is 37.0. The molecule has 0 atom stereocenters. The number of nitrogen functional groups attached to an aromatic ring is 1. The first-order valence-electron chi connectivity index (χ1n) is 36.1. The van der Waals surface area contributed by atoms with Gasteiger partial charge in [0.2, 0.25) is 6.08 Å². The van der Waals surface area contributed by atoms with Crippen LogP contribution in [0.25, 0.3) is 0 Å². The molecule has 0 spiro atoms. The zero-order valence-corrected chi connectivity index (χ0v) is 57.2. The molecule has 0 bridgehead atoms. The smallest absolute Gasteiger partial charge is 0.283 e. The second kappa shape index (κ2) is 30.2. The largest absolute Gasteiger partial charge is 0.398 e. The summed E-state index contributed by atoms with van der Waals surface area (Å²) in [5.74, 6) is 0.641. The normalized spacial score (nSPS) is 16.9. The van der Waals surface area contributed by atoms with Crippen molar-refractivity contribution in [1.29, 1.82) is 0 Å². The number of isocyanates is 1. The fourth-order valence-electron chi connectivity index (χ4n) is 17.9. The van der Waals surface area contributed by atoms with E-state index in [9.17, 15) is 54.3 Å². The molecule has 0 amide bonds. The molecule has 0 saturated carbocycles. The summed E-state index contributed by atoms with van der Waals surface area (Å²) in [6.45, 7) is 0. The fourth-order valence-corrected chi connectivity index (χ4v) is 18.1. The molecule has 19 rings (SSSR count). The lowest BCUT2D eigenvalue weighted by atomic mass is 9.98. The monoisotopic (exact) mass is 1350 g/mol. The Labute approximate surface area is 582 Å². The molecule has 16 nitrogen and oxygen atoms in total. The summed E-state index contributed by atoms with van der Waals surface area (Å²) in [6, 6.07) is 24.9. The van der Waals surface area contributed by atoms with Crippen molar-refractivity contribution in [3.63, 3.8) is 0 Å². The van der Waals surface area contributed by atoms with Crippen LogP contribution in [-0.2, 0) is 140 Å². The topological polar surface area (TPSA) is 253 Å². The van der Waals surface area contributed by atoms with Gasteiger partial charge in [0.05, 0.1) is 26.0 Å². The van der Waals surface area contributed by atoms with E-state index in [1.165, 1.54) is 145 Å². The Morgan fingerprint density at radius 3 is 1.38 bits per heavy atom. The molecule has 2 N–H and O–H groups in total. The van der Waals surface area contributed by atoms with Gasteiger partial charge in [-0.3, -0.25) is 49.5 Å². The van der Waals surface area contributed by atoms with Gasteiger partial charge in [-0.25, -0.2) is 4.79 Å². The van der Waals surface area contributed by atoms with Crippen LogP contribution < -0.4 is 5.73 Å². The molecule has 7 aromatic carbocycles. The summed E-state index contributed by atoms with van der Waals surface area (Å²) >= 11 is 5.54. The first-order chi connectivity index (χ1) is 48.1. The average Bonchev–Trinajstić information content (AvgIpc) is 1.64. The van der Waals surface area contributed by atoms with Crippen molar-refractivity contribution in [2.24, 2.45) is 4.99 Å². The Bertz CT molecular complexity index is 4470. The zero-order chi connectivity index (χ0) is 69.0. The van der Waals surface area contributed by atoms with Crippen molar-refractivity contribution in [2.45, 2.75) is 218 Å². The number of carbonyl (C=O) groups is 4. The van der Waals surface area contributed by atoms with Gasteiger partial charge in [0.25, 0.3) is 17.1 Å². The van der Waals surface area contributed by atoms with Crippen molar-refractivity contribution in [3.8, 4) is 0 Å². The maximum absolute atomic E-state index is 11.7. The van der Waals surface area contributed by atoms with Crippen LogP contribution in [0.3, 0.4) is 0 Å². The van der Waals surface area contributed by atoms with E-state index in [1.54, 1.807) is 17.2 Å². The third-order valence-corrected chi connectivity index (χ3v) is 22.8. The number of rotatable bonds is 7. The van der Waals surface area contributed by atoms with Gasteiger partial charge in [0.1, 0.15) is 0 Å². The van der Waals surface area contributed by atoms with Gasteiger partial charge in [-0.1, -0.05) is 54.6 Å². The average molecular weight is 1350 g/mol. The lowest BCUT2D eigenvalue weighted by Crippen LogP contribution is -2.04. The minimum atomic E-state index is -0.369. The molecule has 0 heterocycles. The molecule has 0 aliphatic heterocycles. The van der Waals surface area contributed by atoms with Gasteiger partial charge in [-0.2, -0.15) is 4.99 Å². The van der Waals surface area contributed by atoms with Crippen molar-refractivity contribution >= 4 is 69.3 Å². The van der Waals surface area contributed by atoms with Crippen LogP contribution in [0.2, 0.25) is 0 Å². The van der Waals surface area contributed by atoms with E-state index in [4.69, 9.17) is 17.3 Å². The number of hydrogen-bond acceptors (Lipinski definition) is 13. The summed E-state index contributed by atoms with van der Waals surface area (Å²) in [6.07, 6.45) is 35.4. The summed E-state index contributed by atoms with van der Waals surface area (Å²) in [7, 11) is 0. The Hall–Kier alpha value is -9.11. The summed E-state index contributed by atoms with van der Waals surface area (Å²) < 4.78 is 0. The van der Waals surface area contributed by atoms with Crippen LogP contribution >= 0.6 is 11.6 Å². The number of nitrogens with zero attached hydrogens (tertiary/aromatic N) is 4. The summed E-state index contributed by atoms with van der Waals surface area (Å²) in [4.78, 5) is 93.1. The second-order valence-electron chi connectivity index (χ2n) is 28.3. The highest BCUT2D eigenvalue weighted by atomic mass is 35.5. The predicted molar refractivity (Wildman–Crippen MR) is 383 cm³/mol. The molecule has 0 fully saturated rings. The van der Waals surface area contributed by atoms with Crippen molar-refractivity contribution in [1.82, 2.24) is 0 Å². The number of fused-ring (bicyclic) bond motifs is 13. The van der Waals surface area contributed by atoms with Gasteiger partial charge >= 0.3 is 0 Å². The van der Waals surface area contributed by atoms with Gasteiger partial charge in [-0.15, -0.1) is 11.6 Å². The van der Waals surface area contributed by atoms with Crippen LogP contribution in [0.4, 0.5) is 28.4 Å². The standard InChI is InChI=1S/C13H13NO.C12H13ClO.3C12H11NO3.C12H15N.C9H10/c15-8-14-13-11-5-1-3-9(11)7-10-4-2-6-12(10)13;13-7-6-12(14)11-5-4-9-2-1-3-10(9)8-11;14-12-5-4-8-7-2-1-3-9(7)11(13(15)16)6-10(8)12;14-10-5-4-8-6-7-2-1-3-9(7)12(11(8)10)13(15)16;14-11-5-4-9-10(11)6-7-2-1-3-8(7)12(9)13(15)16;13-12-10-5-1-3-8(10)7-9-4-2-6-11(9)12;1-2-5-9-7-3-6-8(9)4-1/h7H,1-6H2;4-5,8H,1-3,6-7H2;3*6H,1-5H2;7H,1-6,13H2;1-2,4-5H,3,6-7H2. The molecule has 7 aromatic rings. The van der Waals surface area contributed by atoms with Crippen molar-refractivity contribution in [2.75, 3.05) is 11.6 Å². The number of benzene rings is 7. The first-order valence-corrected chi connectivity index (χ1v) is 36.6. The van der Waals surface area contributed by atoms with Gasteiger partial charge in [0.15, 0.2) is 23.1 Å². The molecule has 0 radical (unpaired) electrons. The number of ketones is 4. The van der Waals surface area contributed by atoms with Gasteiger partial charge < -0.3 is 5.73 Å². The maximum Gasteiger partial charge on any atom is 0.283 e. The molecule has 12 aliphatic rings. The second-order valence-corrected chi connectivity index (χ2v) is 28.6. The fraction of sp³-hybridized carbons (Fsp3) is 0.427. The maximum atomic E-state index is 11.7. The van der Waals surface area contributed by atoms with Gasteiger partial charge in [-0.05, 0) is 299 Å². The number of hydrogen-bond donors (Lipinski definition) is 1. The number of halogens is 1. The molecule has 99 heavy (non-hydrogen) atoms. The Balaban J connectivity index is 0.000000104. The molecule has 12 aliphatic carbocycles. The minimum absolute atomic E-state index is 0.0589. The van der Waals surface area contributed by atoms with Crippen LogP contribution in [-0.4, -0.2) is 49.9 Å². The molecule has 0 saturated heterocycles. The highest BCUT2D eigenvalue weighted by Gasteiger charge is 2.37. The first kappa shape index (κ1) is 68.4. The third-order valence-electron chi connectivity index (χ3n) is 22.6. The molecule has 0 unspecified atom stereocenters. The molecule has 0 aromatic heterocycles. The SMILES string of the molecule is Nc1c2c(cc3c1CCC3)CCC2.O=C(CCCl)c1ccc2c(c1)CCC2.O=C1CCc2c1cc([N+](=O)[O-])c1c2CCC1.O=C1CCc2c1cc1c(c2[N+](=O)[O-])CCC1.O=C1CCc2cc3c(c([N+](=O)[O-])c21)CCC3.O=C=Nc1c2c(cc3c1CCC3)CCC2.c1ccc2c(c1)CCC2. The molecule has 510 valence electrons. The lowest BCUT2D eigenvalue weighted by Gasteiger charge is -2.10. The number of Topliss-reactive ketones (excluding diaryl/α,β-unsaturated/α-hetero) is 4. The van der Waals surface area contributed by atoms with E-state index >= 15 is 0 Å². The van der Waals surface area contributed by atoms with E-state index < -0.39 is 0 Å². The van der Waals surface area contributed by atoms with E-state index in [2.05, 4.69) is 47.5 Å². The van der Waals surface area contributed by atoms with E-state index in [0.717, 1.165) is 158 Å². The Kier molecular flexibility index (Phi) is 20.8. The zero-order valence-electron chi connectivity index (χ0n) is 56.4. The molecule has 17 heteroatoms. The number of anilines is 1. The highest BCUT2D eigenvalue weighted by Crippen LogP contribution is 2.44. The van der Waals surface area contributed by atoms with Crippen LogP contribution in [0.1, 0.15) is 242 Å². The molecular weight excluding hydrogens is 1270 g/mol. The van der Waals surface area contributed by atoms with Crippen molar-refractivity contribution < 1.29 is 38.7 Å². The lowest BCUT2D eigenvalue weighted by molar-refractivity contribution is -0.386. The number of nitrogens with two attached hydrogens (primary N) is 1. The number of nitro benzene ring substituents is 3. The van der Waals surface area contributed by atoms with E-state index in [-0.39, 0.29) is 55.0 Å². The van der Waals surface area contributed by atoms with E-state index in [1.807, 2.05) is 24.3 Å². The highest BCUT2D eigenvalue weighted by molar-refractivity contribution is 6.19.